The molecule has 5 aliphatic rings. The first-order chi connectivity index (χ1) is 8.63. The van der Waals surface area contributed by atoms with Gasteiger partial charge in [-0.05, 0) is 62.7 Å². The van der Waals surface area contributed by atoms with E-state index in [2.05, 4.69) is 4.90 Å². The van der Waals surface area contributed by atoms with E-state index >= 15 is 0 Å². The third kappa shape index (κ3) is 1.75. The quantitative estimate of drug-likeness (QED) is 0.737. The highest BCUT2D eigenvalue weighted by Crippen LogP contribution is 2.58. The Kier molecular flexibility index (Phi) is 2.56. The van der Waals surface area contributed by atoms with Crippen LogP contribution in [-0.2, 0) is 0 Å². The second kappa shape index (κ2) is 3.94. The summed E-state index contributed by atoms with van der Waals surface area (Å²) < 4.78 is 0. The number of hydrogen-bond donors (Lipinski definition) is 2. The summed E-state index contributed by atoms with van der Waals surface area (Å²) in [6, 6.07) is 0.614. The Balaban J connectivity index is 1.59. The minimum Gasteiger partial charge on any atom is -0.326 e. The molecule has 18 heavy (non-hydrogen) atoms. The average molecular weight is 249 g/mol. The molecule has 3 heteroatoms. The summed E-state index contributed by atoms with van der Waals surface area (Å²) in [4.78, 5) is 2.72. The minimum absolute atomic E-state index is 0.307. The summed E-state index contributed by atoms with van der Waals surface area (Å²) in [5.41, 5.74) is 12.9. The second-order valence-corrected chi connectivity index (χ2v) is 7.80. The Morgan fingerprint density at radius 2 is 1.17 bits per heavy atom. The minimum atomic E-state index is 0.307. The summed E-state index contributed by atoms with van der Waals surface area (Å²) in [5.74, 6) is 3.06. The van der Waals surface area contributed by atoms with Crippen LogP contribution in [0.2, 0.25) is 0 Å². The number of nitrogens with zero attached hydrogens (tertiary/aromatic N) is 1. The van der Waals surface area contributed by atoms with Crippen LogP contribution < -0.4 is 11.5 Å². The molecular formula is C15H27N3. The van der Waals surface area contributed by atoms with Crippen molar-refractivity contribution in [2.24, 2.45) is 29.2 Å². The van der Waals surface area contributed by atoms with Crippen molar-refractivity contribution >= 4 is 0 Å². The fourth-order valence-electron chi connectivity index (χ4n) is 6.02. The van der Waals surface area contributed by atoms with Crippen molar-refractivity contribution in [1.82, 2.24) is 4.90 Å². The maximum Gasteiger partial charge on any atom is 0.0218 e. The van der Waals surface area contributed by atoms with Crippen molar-refractivity contribution in [2.45, 2.75) is 62.6 Å². The van der Waals surface area contributed by atoms with Crippen LogP contribution in [0.3, 0.4) is 0 Å². The summed E-state index contributed by atoms with van der Waals surface area (Å²) in [6.07, 6.45) is 9.90. The number of rotatable bonds is 1. The summed E-state index contributed by atoms with van der Waals surface area (Å²) in [5, 5.41) is 0. The van der Waals surface area contributed by atoms with Gasteiger partial charge in [-0.2, -0.15) is 0 Å². The van der Waals surface area contributed by atoms with Crippen LogP contribution in [0, 0.1) is 17.8 Å². The van der Waals surface area contributed by atoms with Crippen LogP contribution in [0.1, 0.15) is 44.9 Å². The first-order valence-corrected chi connectivity index (χ1v) is 7.89. The van der Waals surface area contributed by atoms with Gasteiger partial charge in [0.15, 0.2) is 0 Å². The van der Waals surface area contributed by atoms with Crippen LogP contribution >= 0.6 is 0 Å². The third-order valence-electron chi connectivity index (χ3n) is 6.19. The number of hydrogen-bond acceptors (Lipinski definition) is 3. The molecule has 4 saturated carbocycles. The largest absolute Gasteiger partial charge is 0.326 e. The van der Waals surface area contributed by atoms with Crippen molar-refractivity contribution in [2.75, 3.05) is 13.1 Å². The van der Waals surface area contributed by atoms with Gasteiger partial charge >= 0.3 is 0 Å². The average Bonchev–Trinajstić information content (AvgIpc) is 2.25. The zero-order valence-electron chi connectivity index (χ0n) is 11.4. The van der Waals surface area contributed by atoms with Gasteiger partial charge in [-0.1, -0.05) is 0 Å². The molecule has 0 amide bonds. The lowest BCUT2D eigenvalue weighted by Crippen LogP contribution is -2.66. The first-order valence-electron chi connectivity index (χ1n) is 7.89. The van der Waals surface area contributed by atoms with Gasteiger partial charge in [0.05, 0.1) is 0 Å². The number of likely N-dealkylation sites (tertiary alicyclic amines) is 1. The molecule has 102 valence electrons. The highest BCUT2D eigenvalue weighted by molar-refractivity contribution is 5.09. The predicted molar refractivity (Wildman–Crippen MR) is 73.0 cm³/mol. The summed E-state index contributed by atoms with van der Waals surface area (Å²) in [7, 11) is 0. The van der Waals surface area contributed by atoms with Crippen molar-refractivity contribution in [3.63, 3.8) is 0 Å². The highest BCUT2D eigenvalue weighted by Gasteiger charge is 2.54. The maximum atomic E-state index is 6.21. The fourth-order valence-corrected chi connectivity index (χ4v) is 6.02. The standard InChI is InChI=1S/C15H27N3/c16-13-4-14(17)9-18(8-13)15-5-10-1-11(6-15)3-12(2-10)7-15/h10-14H,1-9,16-17H2/t10?,11?,12?,13-,14+,15?. The van der Waals surface area contributed by atoms with Crippen molar-refractivity contribution in [3.05, 3.63) is 0 Å². The van der Waals surface area contributed by atoms with Crippen LogP contribution in [0.25, 0.3) is 0 Å². The predicted octanol–water partition coefficient (Wildman–Crippen LogP) is 1.32. The van der Waals surface area contributed by atoms with Gasteiger partial charge in [-0.3, -0.25) is 4.90 Å². The van der Waals surface area contributed by atoms with Gasteiger partial charge in [-0.25, -0.2) is 0 Å². The first kappa shape index (κ1) is 11.7. The van der Waals surface area contributed by atoms with E-state index in [-0.39, 0.29) is 0 Å². The topological polar surface area (TPSA) is 55.3 Å². The lowest BCUT2D eigenvalue weighted by atomic mass is 9.52. The van der Waals surface area contributed by atoms with Gasteiger partial charge in [0.1, 0.15) is 0 Å². The molecule has 0 aromatic rings. The molecule has 0 aromatic heterocycles. The van der Waals surface area contributed by atoms with E-state index in [1.54, 1.807) is 0 Å². The monoisotopic (exact) mass is 249 g/mol. The molecule has 4 N–H and O–H groups in total. The van der Waals surface area contributed by atoms with E-state index in [9.17, 15) is 0 Å². The molecule has 1 heterocycles. The lowest BCUT2D eigenvalue weighted by molar-refractivity contribution is -0.0983. The Hall–Kier alpha value is -0.120. The van der Waals surface area contributed by atoms with Gasteiger partial charge < -0.3 is 11.5 Å². The summed E-state index contributed by atoms with van der Waals surface area (Å²) >= 11 is 0. The van der Waals surface area contributed by atoms with Gasteiger partial charge in [0.2, 0.25) is 0 Å². The van der Waals surface area contributed by atoms with Crippen LogP contribution in [0.15, 0.2) is 0 Å². The molecule has 0 spiro atoms. The normalized spacial score (nSPS) is 56.0. The molecule has 1 saturated heterocycles. The van der Waals surface area contributed by atoms with E-state index in [4.69, 9.17) is 11.5 Å². The molecule has 5 rings (SSSR count). The fraction of sp³-hybridized carbons (Fsp3) is 1.00. The smallest absolute Gasteiger partial charge is 0.0218 e. The van der Waals surface area contributed by atoms with Gasteiger partial charge in [-0.15, -0.1) is 0 Å². The van der Waals surface area contributed by atoms with Crippen LogP contribution in [0.5, 0.6) is 0 Å². The van der Waals surface area contributed by atoms with Gasteiger partial charge in [0.25, 0.3) is 0 Å². The molecular weight excluding hydrogens is 222 g/mol. The Morgan fingerprint density at radius 1 is 0.722 bits per heavy atom. The summed E-state index contributed by atoms with van der Waals surface area (Å²) in [6.45, 7) is 2.19. The van der Waals surface area contributed by atoms with E-state index in [1.807, 2.05) is 0 Å². The maximum absolute atomic E-state index is 6.21. The van der Waals surface area contributed by atoms with Gasteiger partial charge in [0, 0.05) is 30.7 Å². The van der Waals surface area contributed by atoms with Crippen LogP contribution in [-0.4, -0.2) is 35.6 Å². The zero-order valence-corrected chi connectivity index (χ0v) is 11.4. The molecule has 0 unspecified atom stereocenters. The Bertz CT molecular complexity index is 295. The van der Waals surface area contributed by atoms with Crippen molar-refractivity contribution < 1.29 is 0 Å². The van der Waals surface area contributed by atoms with Crippen molar-refractivity contribution in [1.29, 1.82) is 0 Å². The molecule has 4 bridgehead atoms. The van der Waals surface area contributed by atoms with E-state index in [0.29, 0.717) is 17.6 Å². The molecule has 1 aliphatic heterocycles. The van der Waals surface area contributed by atoms with Crippen LogP contribution in [0.4, 0.5) is 0 Å². The molecule has 3 nitrogen and oxygen atoms in total. The van der Waals surface area contributed by atoms with E-state index in [0.717, 1.165) is 37.3 Å². The SMILES string of the molecule is N[C@@H]1C[C@H](N)CN(C23CC4CC(CC(C4)C2)C3)C1. The molecule has 0 aromatic carbocycles. The molecule has 4 aliphatic carbocycles. The Labute approximate surface area is 110 Å². The number of nitrogens with two attached hydrogens (primary N) is 2. The number of piperidine rings is 1. The molecule has 2 atom stereocenters. The zero-order chi connectivity index (χ0) is 12.3. The lowest BCUT2D eigenvalue weighted by Gasteiger charge is -2.62. The van der Waals surface area contributed by atoms with E-state index < -0.39 is 0 Å². The second-order valence-electron chi connectivity index (χ2n) is 7.80. The van der Waals surface area contributed by atoms with Crippen molar-refractivity contribution in [3.8, 4) is 0 Å². The highest BCUT2D eigenvalue weighted by atomic mass is 15.2. The van der Waals surface area contributed by atoms with E-state index in [1.165, 1.54) is 38.5 Å². The molecule has 5 fully saturated rings. The third-order valence-corrected chi connectivity index (χ3v) is 6.19. The Morgan fingerprint density at radius 3 is 1.61 bits per heavy atom. The molecule has 0 radical (unpaired) electrons.